The highest BCUT2D eigenvalue weighted by Crippen LogP contribution is 2.28. The second-order valence-corrected chi connectivity index (χ2v) is 7.18. The standard InChI is InChI=1S/C20H23N5O2S/c1-2-27-18-9-4-3-8-17(18)25-12-10-24(11-13-25)14-19(26)21-15-6-5-7-16-20(15)23-28-22-16/h3-9H,2,10-14H2,1H3,(H,21,26). The number of amides is 1. The molecule has 1 aromatic heterocycles. The average Bonchev–Trinajstić information content (AvgIpc) is 3.19. The maximum absolute atomic E-state index is 12.5. The van der Waals surface area contributed by atoms with Gasteiger partial charge in [-0.3, -0.25) is 9.69 Å². The summed E-state index contributed by atoms with van der Waals surface area (Å²) in [6.07, 6.45) is 0. The second kappa shape index (κ2) is 8.53. The van der Waals surface area contributed by atoms with Gasteiger partial charge in [0.25, 0.3) is 0 Å². The van der Waals surface area contributed by atoms with E-state index >= 15 is 0 Å². The van der Waals surface area contributed by atoms with E-state index < -0.39 is 0 Å². The molecule has 2 aromatic carbocycles. The van der Waals surface area contributed by atoms with Crippen LogP contribution in [0, 0.1) is 0 Å². The molecule has 8 heteroatoms. The van der Waals surface area contributed by atoms with Gasteiger partial charge in [0.05, 0.1) is 36.3 Å². The number of nitrogens with zero attached hydrogens (tertiary/aromatic N) is 4. The Bertz CT molecular complexity index is 952. The fourth-order valence-corrected chi connectivity index (χ4v) is 3.99. The molecule has 0 unspecified atom stereocenters. The van der Waals surface area contributed by atoms with Gasteiger partial charge in [-0.2, -0.15) is 8.75 Å². The lowest BCUT2D eigenvalue weighted by atomic mass is 10.2. The molecule has 3 aromatic rings. The number of ether oxygens (including phenoxy) is 1. The number of carbonyl (C=O) groups is 1. The Balaban J connectivity index is 1.33. The summed E-state index contributed by atoms with van der Waals surface area (Å²) in [5, 5.41) is 2.98. The summed E-state index contributed by atoms with van der Waals surface area (Å²) in [6, 6.07) is 13.8. The molecule has 1 aliphatic rings. The Kier molecular flexibility index (Phi) is 5.68. The summed E-state index contributed by atoms with van der Waals surface area (Å²) in [7, 11) is 0. The summed E-state index contributed by atoms with van der Waals surface area (Å²) >= 11 is 1.15. The minimum Gasteiger partial charge on any atom is -0.492 e. The van der Waals surface area contributed by atoms with Crippen molar-refractivity contribution in [2.45, 2.75) is 6.92 Å². The molecular formula is C20H23N5O2S. The Hall–Kier alpha value is -2.71. The first kappa shape index (κ1) is 18.6. The van der Waals surface area contributed by atoms with Gasteiger partial charge in [-0.1, -0.05) is 18.2 Å². The van der Waals surface area contributed by atoms with Gasteiger partial charge in [-0.15, -0.1) is 0 Å². The van der Waals surface area contributed by atoms with Crippen LogP contribution in [-0.4, -0.2) is 58.9 Å². The molecule has 1 amide bonds. The first-order chi connectivity index (χ1) is 13.7. The largest absolute Gasteiger partial charge is 0.492 e. The Morgan fingerprint density at radius 3 is 2.75 bits per heavy atom. The van der Waals surface area contributed by atoms with Crippen LogP contribution in [0.1, 0.15) is 6.92 Å². The molecule has 0 aliphatic carbocycles. The van der Waals surface area contributed by atoms with Gasteiger partial charge < -0.3 is 15.0 Å². The lowest BCUT2D eigenvalue weighted by Gasteiger charge is -2.36. The fraction of sp³-hybridized carbons (Fsp3) is 0.350. The van der Waals surface area contributed by atoms with Crippen LogP contribution in [0.4, 0.5) is 11.4 Å². The van der Waals surface area contributed by atoms with Crippen LogP contribution in [0.15, 0.2) is 42.5 Å². The van der Waals surface area contributed by atoms with E-state index in [1.54, 1.807) is 0 Å². The number of carbonyl (C=O) groups excluding carboxylic acids is 1. The van der Waals surface area contributed by atoms with E-state index in [9.17, 15) is 4.79 Å². The number of hydrogen-bond acceptors (Lipinski definition) is 7. The number of hydrogen-bond donors (Lipinski definition) is 1. The molecule has 146 valence electrons. The topological polar surface area (TPSA) is 70.6 Å². The number of fused-ring (bicyclic) bond motifs is 1. The highest BCUT2D eigenvalue weighted by Gasteiger charge is 2.21. The monoisotopic (exact) mass is 397 g/mol. The molecular weight excluding hydrogens is 374 g/mol. The summed E-state index contributed by atoms with van der Waals surface area (Å²) in [4.78, 5) is 17.0. The summed E-state index contributed by atoms with van der Waals surface area (Å²) in [5.41, 5.74) is 3.40. The molecule has 0 bridgehead atoms. The highest BCUT2D eigenvalue weighted by atomic mass is 32.1. The molecule has 1 aliphatic heterocycles. The first-order valence-electron chi connectivity index (χ1n) is 9.45. The van der Waals surface area contributed by atoms with Gasteiger partial charge >= 0.3 is 0 Å². The van der Waals surface area contributed by atoms with Crippen molar-refractivity contribution < 1.29 is 9.53 Å². The number of aromatic nitrogens is 2. The molecule has 1 saturated heterocycles. The number of benzene rings is 2. The molecule has 1 fully saturated rings. The van der Waals surface area contributed by atoms with Crippen LogP contribution < -0.4 is 15.0 Å². The summed E-state index contributed by atoms with van der Waals surface area (Å²) in [6.45, 7) is 6.40. The van der Waals surface area contributed by atoms with Gasteiger partial charge in [-0.25, -0.2) is 0 Å². The Morgan fingerprint density at radius 2 is 1.93 bits per heavy atom. The highest BCUT2D eigenvalue weighted by molar-refractivity contribution is 7.00. The van der Waals surface area contributed by atoms with Crippen molar-refractivity contribution >= 4 is 40.0 Å². The van der Waals surface area contributed by atoms with Crippen LogP contribution in [-0.2, 0) is 4.79 Å². The number of piperazine rings is 1. The van der Waals surface area contributed by atoms with Crippen molar-refractivity contribution in [2.24, 2.45) is 0 Å². The van der Waals surface area contributed by atoms with E-state index in [1.165, 1.54) is 0 Å². The number of rotatable bonds is 6. The van der Waals surface area contributed by atoms with Crippen LogP contribution in [0.25, 0.3) is 11.0 Å². The molecule has 2 heterocycles. The minimum atomic E-state index is -0.0244. The molecule has 0 atom stereocenters. The van der Waals surface area contributed by atoms with Gasteiger partial charge in [-0.05, 0) is 31.2 Å². The van der Waals surface area contributed by atoms with E-state index in [0.717, 1.165) is 66.1 Å². The Morgan fingerprint density at radius 1 is 1.11 bits per heavy atom. The number of anilines is 2. The van der Waals surface area contributed by atoms with E-state index in [-0.39, 0.29) is 5.91 Å². The van der Waals surface area contributed by atoms with Crippen molar-refractivity contribution in [3.05, 3.63) is 42.5 Å². The van der Waals surface area contributed by atoms with Gasteiger partial charge in [0.1, 0.15) is 16.8 Å². The Labute approximate surface area is 168 Å². The fourth-order valence-electron chi connectivity index (χ4n) is 3.44. The van der Waals surface area contributed by atoms with Gasteiger partial charge in [0, 0.05) is 26.2 Å². The molecule has 28 heavy (non-hydrogen) atoms. The van der Waals surface area contributed by atoms with Gasteiger partial charge in [0.2, 0.25) is 5.91 Å². The van der Waals surface area contributed by atoms with Crippen molar-refractivity contribution in [1.82, 2.24) is 13.6 Å². The van der Waals surface area contributed by atoms with Crippen LogP contribution in [0.3, 0.4) is 0 Å². The third-order valence-corrected chi connectivity index (χ3v) is 5.35. The van der Waals surface area contributed by atoms with Crippen LogP contribution in [0.5, 0.6) is 5.75 Å². The van der Waals surface area contributed by atoms with Crippen molar-refractivity contribution in [3.8, 4) is 5.75 Å². The van der Waals surface area contributed by atoms with E-state index in [1.807, 2.05) is 43.3 Å². The number of nitrogens with one attached hydrogen (secondary N) is 1. The average molecular weight is 398 g/mol. The normalized spacial score (nSPS) is 15.0. The maximum Gasteiger partial charge on any atom is 0.238 e. The molecule has 0 spiro atoms. The SMILES string of the molecule is CCOc1ccccc1N1CCN(CC(=O)Nc2cccc3nsnc23)CC1. The molecule has 7 nitrogen and oxygen atoms in total. The van der Waals surface area contributed by atoms with Crippen molar-refractivity contribution in [3.63, 3.8) is 0 Å². The van der Waals surface area contributed by atoms with Crippen molar-refractivity contribution in [2.75, 3.05) is 49.5 Å². The third kappa shape index (κ3) is 4.07. The van der Waals surface area contributed by atoms with Crippen molar-refractivity contribution in [1.29, 1.82) is 0 Å². The van der Waals surface area contributed by atoms with E-state index in [0.29, 0.717) is 13.2 Å². The lowest BCUT2D eigenvalue weighted by molar-refractivity contribution is -0.117. The zero-order chi connectivity index (χ0) is 19.3. The molecule has 0 radical (unpaired) electrons. The number of para-hydroxylation sites is 2. The minimum absolute atomic E-state index is 0.0244. The second-order valence-electron chi connectivity index (χ2n) is 6.65. The van der Waals surface area contributed by atoms with E-state index in [4.69, 9.17) is 4.74 Å². The predicted octanol–water partition coefficient (Wildman–Crippen LogP) is 2.85. The zero-order valence-electron chi connectivity index (χ0n) is 15.8. The summed E-state index contributed by atoms with van der Waals surface area (Å²) < 4.78 is 14.2. The van der Waals surface area contributed by atoms with Crippen LogP contribution >= 0.6 is 11.7 Å². The molecule has 1 N–H and O–H groups in total. The zero-order valence-corrected chi connectivity index (χ0v) is 16.6. The maximum atomic E-state index is 12.5. The molecule has 4 rings (SSSR count). The first-order valence-corrected chi connectivity index (χ1v) is 10.2. The van der Waals surface area contributed by atoms with Crippen LogP contribution in [0.2, 0.25) is 0 Å². The van der Waals surface area contributed by atoms with E-state index in [2.05, 4.69) is 29.9 Å². The predicted molar refractivity (Wildman–Crippen MR) is 112 cm³/mol. The lowest BCUT2D eigenvalue weighted by Crippen LogP contribution is -2.48. The third-order valence-electron chi connectivity index (χ3n) is 4.81. The smallest absolute Gasteiger partial charge is 0.238 e. The van der Waals surface area contributed by atoms with Gasteiger partial charge in [0.15, 0.2) is 0 Å². The molecule has 0 saturated carbocycles. The quantitative estimate of drug-likeness (QED) is 0.690. The summed E-state index contributed by atoms with van der Waals surface area (Å²) in [5.74, 6) is 0.893.